The van der Waals surface area contributed by atoms with Gasteiger partial charge in [0.05, 0.1) is 5.54 Å². The highest BCUT2D eigenvalue weighted by atomic mass is 79.9. The van der Waals surface area contributed by atoms with Crippen molar-refractivity contribution in [3.63, 3.8) is 0 Å². The first-order chi connectivity index (χ1) is 6.56. The second-order valence-electron chi connectivity index (χ2n) is 3.59. The molecule has 0 aromatic carbocycles. The lowest BCUT2D eigenvalue weighted by Crippen LogP contribution is -2.40. The fourth-order valence-corrected chi connectivity index (χ4v) is 2.36. The quantitative estimate of drug-likeness (QED) is 0.842. The first-order valence-corrected chi connectivity index (χ1v) is 6.47. The van der Waals surface area contributed by atoms with Crippen LogP contribution in [0.1, 0.15) is 25.1 Å². The van der Waals surface area contributed by atoms with Gasteiger partial charge in [0.1, 0.15) is 0 Å². The van der Waals surface area contributed by atoms with E-state index in [0.29, 0.717) is 11.8 Å². The van der Waals surface area contributed by atoms with Crippen molar-refractivity contribution in [3.05, 3.63) is 22.4 Å². The summed E-state index contributed by atoms with van der Waals surface area (Å²) in [7, 11) is 0. The average Bonchev–Trinajstić information content (AvgIpc) is 2.54. The number of carbonyl (C=O) groups is 1. The Labute approximate surface area is 96.8 Å². The first kappa shape index (κ1) is 11.7. The molecule has 0 spiro atoms. The van der Waals surface area contributed by atoms with Crippen LogP contribution >= 0.6 is 27.3 Å². The van der Waals surface area contributed by atoms with Gasteiger partial charge in [-0.25, -0.2) is 0 Å². The number of thiophene rings is 1. The SMILES string of the molecule is CC(C)(NC(=O)CCBr)c1cccs1. The fraction of sp³-hybridized carbons (Fsp3) is 0.500. The summed E-state index contributed by atoms with van der Waals surface area (Å²) < 4.78 is 0. The summed E-state index contributed by atoms with van der Waals surface area (Å²) >= 11 is 4.91. The summed E-state index contributed by atoms with van der Waals surface area (Å²) in [6.07, 6.45) is 0.523. The van der Waals surface area contributed by atoms with Crippen molar-refractivity contribution in [1.29, 1.82) is 0 Å². The maximum atomic E-state index is 11.4. The van der Waals surface area contributed by atoms with E-state index in [1.165, 1.54) is 4.88 Å². The Morgan fingerprint density at radius 2 is 2.36 bits per heavy atom. The van der Waals surface area contributed by atoms with E-state index in [-0.39, 0.29) is 11.4 Å². The summed E-state index contributed by atoms with van der Waals surface area (Å²) in [5, 5.41) is 5.73. The van der Waals surface area contributed by atoms with Crippen LogP contribution in [0, 0.1) is 0 Å². The molecule has 1 aromatic rings. The summed E-state index contributed by atoms with van der Waals surface area (Å²) in [5.74, 6) is 0.0836. The van der Waals surface area contributed by atoms with Gasteiger partial charge in [-0.2, -0.15) is 0 Å². The monoisotopic (exact) mass is 275 g/mol. The van der Waals surface area contributed by atoms with E-state index in [4.69, 9.17) is 0 Å². The first-order valence-electron chi connectivity index (χ1n) is 4.47. The maximum absolute atomic E-state index is 11.4. The Morgan fingerprint density at radius 1 is 1.64 bits per heavy atom. The van der Waals surface area contributed by atoms with Gasteiger partial charge >= 0.3 is 0 Å². The van der Waals surface area contributed by atoms with Crippen LogP contribution < -0.4 is 5.32 Å². The lowest BCUT2D eigenvalue weighted by molar-refractivity contribution is -0.122. The molecule has 14 heavy (non-hydrogen) atoms. The van der Waals surface area contributed by atoms with Crippen LogP contribution in [0.5, 0.6) is 0 Å². The number of amides is 1. The van der Waals surface area contributed by atoms with Crippen LogP contribution in [0.2, 0.25) is 0 Å². The Kier molecular flexibility index (Phi) is 4.13. The molecule has 0 fully saturated rings. The van der Waals surface area contributed by atoms with E-state index >= 15 is 0 Å². The molecule has 0 saturated heterocycles. The van der Waals surface area contributed by atoms with Crippen molar-refractivity contribution in [2.24, 2.45) is 0 Å². The zero-order valence-electron chi connectivity index (χ0n) is 8.34. The molecule has 1 heterocycles. The van der Waals surface area contributed by atoms with Crippen LogP contribution in [0.3, 0.4) is 0 Å². The van der Waals surface area contributed by atoms with Gasteiger partial charge < -0.3 is 5.32 Å². The molecule has 2 nitrogen and oxygen atoms in total. The van der Waals surface area contributed by atoms with Crippen LogP contribution in [-0.2, 0) is 10.3 Å². The van der Waals surface area contributed by atoms with Crippen molar-refractivity contribution >= 4 is 33.2 Å². The van der Waals surface area contributed by atoms with Gasteiger partial charge in [0.2, 0.25) is 5.91 Å². The van der Waals surface area contributed by atoms with E-state index in [9.17, 15) is 4.79 Å². The molecule has 0 aliphatic heterocycles. The average molecular weight is 276 g/mol. The number of hydrogen-bond acceptors (Lipinski definition) is 2. The van der Waals surface area contributed by atoms with Gasteiger partial charge in [-0.3, -0.25) is 4.79 Å². The molecular weight excluding hydrogens is 262 g/mol. The molecule has 1 N–H and O–H groups in total. The van der Waals surface area contributed by atoms with Crippen molar-refractivity contribution in [1.82, 2.24) is 5.32 Å². The summed E-state index contributed by atoms with van der Waals surface area (Å²) in [6.45, 7) is 4.04. The van der Waals surface area contributed by atoms with Gasteiger partial charge in [0.25, 0.3) is 0 Å². The maximum Gasteiger partial charge on any atom is 0.221 e. The van der Waals surface area contributed by atoms with Crippen LogP contribution in [0.4, 0.5) is 0 Å². The molecule has 0 unspecified atom stereocenters. The smallest absolute Gasteiger partial charge is 0.221 e. The highest BCUT2D eigenvalue weighted by Gasteiger charge is 2.23. The standard InChI is InChI=1S/C10H14BrNOS/c1-10(2,8-4-3-7-14-8)12-9(13)5-6-11/h3-4,7H,5-6H2,1-2H3,(H,12,13). The molecule has 0 bridgehead atoms. The molecule has 1 rings (SSSR count). The van der Waals surface area contributed by atoms with Gasteiger partial charge in [-0.05, 0) is 25.3 Å². The van der Waals surface area contributed by atoms with Crippen molar-refractivity contribution in [2.75, 3.05) is 5.33 Å². The second kappa shape index (κ2) is 4.94. The zero-order valence-corrected chi connectivity index (χ0v) is 10.7. The van der Waals surface area contributed by atoms with Crippen LogP contribution in [-0.4, -0.2) is 11.2 Å². The van der Waals surface area contributed by atoms with Gasteiger partial charge in [-0.15, -0.1) is 11.3 Å². The third-order valence-corrected chi connectivity index (χ3v) is 3.50. The fourth-order valence-electron chi connectivity index (χ4n) is 1.19. The van der Waals surface area contributed by atoms with Crippen molar-refractivity contribution < 1.29 is 4.79 Å². The second-order valence-corrected chi connectivity index (χ2v) is 5.33. The Hall–Kier alpha value is -0.350. The lowest BCUT2D eigenvalue weighted by Gasteiger charge is -2.24. The minimum Gasteiger partial charge on any atom is -0.346 e. The van der Waals surface area contributed by atoms with Crippen LogP contribution in [0.25, 0.3) is 0 Å². The van der Waals surface area contributed by atoms with Gasteiger partial charge in [0, 0.05) is 16.6 Å². The highest BCUT2D eigenvalue weighted by Crippen LogP contribution is 2.24. The molecule has 0 aliphatic rings. The molecule has 1 aromatic heterocycles. The number of rotatable bonds is 4. The number of hydrogen-bond donors (Lipinski definition) is 1. The Morgan fingerprint density at radius 3 is 2.86 bits per heavy atom. The third-order valence-electron chi connectivity index (χ3n) is 1.91. The lowest BCUT2D eigenvalue weighted by atomic mass is 10.0. The normalized spacial score (nSPS) is 11.4. The minimum absolute atomic E-state index is 0.0836. The van der Waals surface area contributed by atoms with E-state index in [1.54, 1.807) is 11.3 Å². The molecule has 1 amide bonds. The zero-order chi connectivity index (χ0) is 10.6. The molecule has 0 aliphatic carbocycles. The van der Waals surface area contributed by atoms with E-state index in [2.05, 4.69) is 21.2 Å². The van der Waals surface area contributed by atoms with Crippen molar-refractivity contribution in [3.8, 4) is 0 Å². The number of nitrogens with one attached hydrogen (secondary N) is 1. The molecular formula is C10H14BrNOS. The Balaban J connectivity index is 2.63. The molecule has 0 saturated carbocycles. The Bertz CT molecular complexity index is 295. The molecule has 4 heteroatoms. The molecule has 0 atom stereocenters. The molecule has 78 valence electrons. The summed E-state index contributed by atoms with van der Waals surface area (Å²) in [6, 6.07) is 4.04. The number of halogens is 1. The van der Waals surface area contributed by atoms with E-state index < -0.39 is 0 Å². The van der Waals surface area contributed by atoms with Crippen molar-refractivity contribution in [2.45, 2.75) is 25.8 Å². The van der Waals surface area contributed by atoms with Gasteiger partial charge in [-0.1, -0.05) is 22.0 Å². The largest absolute Gasteiger partial charge is 0.346 e. The number of alkyl halides is 1. The van der Waals surface area contributed by atoms with Gasteiger partial charge in [0.15, 0.2) is 0 Å². The molecule has 0 radical (unpaired) electrons. The van der Waals surface area contributed by atoms with E-state index in [1.807, 2.05) is 31.4 Å². The summed E-state index contributed by atoms with van der Waals surface area (Å²) in [5.41, 5.74) is -0.257. The summed E-state index contributed by atoms with van der Waals surface area (Å²) in [4.78, 5) is 12.6. The number of carbonyl (C=O) groups excluding carboxylic acids is 1. The van der Waals surface area contributed by atoms with Crippen LogP contribution in [0.15, 0.2) is 17.5 Å². The topological polar surface area (TPSA) is 29.1 Å². The van der Waals surface area contributed by atoms with E-state index in [0.717, 1.165) is 0 Å². The minimum atomic E-state index is -0.257. The third kappa shape index (κ3) is 3.10. The highest BCUT2D eigenvalue weighted by molar-refractivity contribution is 9.09. The predicted molar refractivity (Wildman–Crippen MR) is 63.9 cm³/mol. The predicted octanol–water partition coefficient (Wildman–Crippen LogP) is 2.88.